The second kappa shape index (κ2) is 7.20. The van der Waals surface area contributed by atoms with E-state index in [0.29, 0.717) is 16.6 Å². The quantitative estimate of drug-likeness (QED) is 0.496. The SMILES string of the molecule is CCn1cnc2cc(-c3noc(CCS(=O)(=O)c4ccc(C)cc4)n3)ccc21. The Morgan fingerprint density at radius 1 is 1.11 bits per heavy atom. The normalized spacial score (nSPS) is 11.9. The lowest BCUT2D eigenvalue weighted by molar-refractivity contribution is 0.382. The third-order valence-electron chi connectivity index (χ3n) is 4.65. The molecule has 0 aliphatic carbocycles. The molecule has 0 aliphatic heterocycles. The Labute approximate surface area is 163 Å². The molecule has 4 aromatic rings. The van der Waals surface area contributed by atoms with Crippen molar-refractivity contribution in [2.45, 2.75) is 31.7 Å². The van der Waals surface area contributed by atoms with Crippen LogP contribution in [0.2, 0.25) is 0 Å². The molecule has 0 amide bonds. The van der Waals surface area contributed by atoms with E-state index in [1.165, 1.54) is 0 Å². The fourth-order valence-electron chi connectivity index (χ4n) is 3.01. The van der Waals surface area contributed by atoms with Gasteiger partial charge >= 0.3 is 0 Å². The molecule has 0 bridgehead atoms. The smallest absolute Gasteiger partial charge is 0.227 e. The molecule has 144 valence electrons. The van der Waals surface area contributed by atoms with E-state index in [2.05, 4.69) is 26.6 Å². The molecule has 0 N–H and O–H groups in total. The molecule has 2 aromatic heterocycles. The number of benzene rings is 2. The van der Waals surface area contributed by atoms with Gasteiger partial charge in [-0.15, -0.1) is 0 Å². The third kappa shape index (κ3) is 3.55. The van der Waals surface area contributed by atoms with Crippen LogP contribution < -0.4 is 0 Å². The van der Waals surface area contributed by atoms with Gasteiger partial charge in [0.25, 0.3) is 0 Å². The fraction of sp³-hybridized carbons (Fsp3) is 0.250. The highest BCUT2D eigenvalue weighted by Crippen LogP contribution is 2.22. The van der Waals surface area contributed by atoms with Crippen LogP contribution in [0.1, 0.15) is 18.4 Å². The number of aryl methyl sites for hydroxylation is 3. The molecule has 28 heavy (non-hydrogen) atoms. The fourth-order valence-corrected chi connectivity index (χ4v) is 4.24. The first-order valence-electron chi connectivity index (χ1n) is 9.03. The van der Waals surface area contributed by atoms with E-state index < -0.39 is 9.84 Å². The highest BCUT2D eigenvalue weighted by molar-refractivity contribution is 7.91. The van der Waals surface area contributed by atoms with Crippen molar-refractivity contribution in [2.24, 2.45) is 0 Å². The maximum atomic E-state index is 12.5. The van der Waals surface area contributed by atoms with E-state index in [0.717, 1.165) is 28.7 Å². The molecule has 0 unspecified atom stereocenters. The summed E-state index contributed by atoms with van der Waals surface area (Å²) in [7, 11) is -3.40. The van der Waals surface area contributed by atoms with Gasteiger partial charge in [-0.3, -0.25) is 0 Å². The summed E-state index contributed by atoms with van der Waals surface area (Å²) in [5.41, 5.74) is 3.69. The van der Waals surface area contributed by atoms with Crippen LogP contribution in [0.15, 0.2) is 58.2 Å². The number of nitrogens with zero attached hydrogens (tertiary/aromatic N) is 4. The Morgan fingerprint density at radius 3 is 2.64 bits per heavy atom. The first-order valence-corrected chi connectivity index (χ1v) is 10.7. The highest BCUT2D eigenvalue weighted by atomic mass is 32.2. The Morgan fingerprint density at radius 2 is 1.89 bits per heavy atom. The first-order chi connectivity index (χ1) is 13.5. The summed E-state index contributed by atoms with van der Waals surface area (Å²) < 4.78 is 32.2. The summed E-state index contributed by atoms with van der Waals surface area (Å²) >= 11 is 0. The van der Waals surface area contributed by atoms with Crippen molar-refractivity contribution in [3.05, 3.63) is 60.2 Å². The number of imidazole rings is 1. The van der Waals surface area contributed by atoms with Crippen molar-refractivity contribution in [1.82, 2.24) is 19.7 Å². The lowest BCUT2D eigenvalue weighted by atomic mass is 10.2. The molecule has 0 spiro atoms. The molecule has 0 saturated heterocycles. The van der Waals surface area contributed by atoms with Gasteiger partial charge in [-0.25, -0.2) is 13.4 Å². The summed E-state index contributed by atoms with van der Waals surface area (Å²) in [6, 6.07) is 12.6. The van der Waals surface area contributed by atoms with E-state index >= 15 is 0 Å². The van der Waals surface area contributed by atoms with Crippen LogP contribution in [0, 0.1) is 6.92 Å². The summed E-state index contributed by atoms with van der Waals surface area (Å²) in [5, 5.41) is 3.99. The molecule has 0 saturated carbocycles. The Balaban J connectivity index is 1.51. The van der Waals surface area contributed by atoms with Crippen molar-refractivity contribution < 1.29 is 12.9 Å². The van der Waals surface area contributed by atoms with Gasteiger partial charge in [-0.1, -0.05) is 22.9 Å². The van der Waals surface area contributed by atoms with Gasteiger partial charge in [-0.05, 0) is 44.2 Å². The predicted molar refractivity (Wildman–Crippen MR) is 106 cm³/mol. The number of hydrogen-bond acceptors (Lipinski definition) is 6. The van der Waals surface area contributed by atoms with Crippen LogP contribution in [0.3, 0.4) is 0 Å². The predicted octanol–water partition coefficient (Wildman–Crippen LogP) is 3.43. The van der Waals surface area contributed by atoms with Crippen LogP contribution in [0.25, 0.3) is 22.4 Å². The Bertz CT molecular complexity index is 1220. The summed E-state index contributed by atoms with van der Waals surface area (Å²) in [4.78, 5) is 9.04. The van der Waals surface area contributed by atoms with Gasteiger partial charge in [-0.2, -0.15) is 4.98 Å². The topological polar surface area (TPSA) is 90.9 Å². The molecule has 7 nitrogen and oxygen atoms in total. The molecular formula is C20H20N4O3S. The molecule has 4 rings (SSSR count). The van der Waals surface area contributed by atoms with Crippen LogP contribution in [-0.2, 0) is 22.8 Å². The summed E-state index contributed by atoms with van der Waals surface area (Å²) in [6.07, 6.45) is 1.96. The van der Waals surface area contributed by atoms with Crippen LogP contribution in [0.4, 0.5) is 0 Å². The lowest BCUT2D eigenvalue weighted by Crippen LogP contribution is -2.09. The first kappa shape index (κ1) is 18.4. The van der Waals surface area contributed by atoms with Crippen molar-refractivity contribution in [3.8, 4) is 11.4 Å². The number of sulfone groups is 1. The average molecular weight is 396 g/mol. The Hall–Kier alpha value is -3.00. The Kier molecular flexibility index (Phi) is 4.72. The van der Waals surface area contributed by atoms with Crippen LogP contribution in [0.5, 0.6) is 0 Å². The maximum Gasteiger partial charge on any atom is 0.227 e. The van der Waals surface area contributed by atoms with E-state index in [1.807, 2.05) is 25.1 Å². The van der Waals surface area contributed by atoms with E-state index in [1.54, 1.807) is 30.6 Å². The third-order valence-corrected chi connectivity index (χ3v) is 6.38. The van der Waals surface area contributed by atoms with Crippen molar-refractivity contribution in [2.75, 3.05) is 5.75 Å². The van der Waals surface area contributed by atoms with Gasteiger partial charge in [0.1, 0.15) is 0 Å². The van der Waals surface area contributed by atoms with Gasteiger partial charge in [0.05, 0.1) is 28.0 Å². The van der Waals surface area contributed by atoms with Crippen molar-refractivity contribution in [1.29, 1.82) is 0 Å². The maximum absolute atomic E-state index is 12.5. The molecule has 0 atom stereocenters. The number of fused-ring (bicyclic) bond motifs is 1. The second-order valence-electron chi connectivity index (χ2n) is 6.63. The zero-order chi connectivity index (χ0) is 19.7. The zero-order valence-electron chi connectivity index (χ0n) is 15.7. The largest absolute Gasteiger partial charge is 0.339 e. The summed E-state index contributed by atoms with van der Waals surface area (Å²) in [6.45, 7) is 4.82. The van der Waals surface area contributed by atoms with E-state index in [9.17, 15) is 8.42 Å². The van der Waals surface area contributed by atoms with Crippen LogP contribution >= 0.6 is 0 Å². The standard InChI is InChI=1S/C20H20N4O3S/c1-3-24-13-21-17-12-15(6-9-18(17)24)20-22-19(27-23-20)10-11-28(25,26)16-7-4-14(2)5-8-16/h4-9,12-13H,3,10-11H2,1-2H3. The van der Waals surface area contributed by atoms with Gasteiger partial charge < -0.3 is 9.09 Å². The molecule has 0 fully saturated rings. The van der Waals surface area contributed by atoms with Crippen LogP contribution in [-0.4, -0.2) is 33.9 Å². The monoisotopic (exact) mass is 396 g/mol. The second-order valence-corrected chi connectivity index (χ2v) is 8.74. The zero-order valence-corrected chi connectivity index (χ0v) is 16.5. The molecule has 0 radical (unpaired) electrons. The minimum absolute atomic E-state index is 0.0857. The average Bonchev–Trinajstić information content (AvgIpc) is 3.33. The molecule has 2 heterocycles. The number of rotatable bonds is 6. The number of aromatic nitrogens is 4. The molecule has 0 aliphatic rings. The minimum atomic E-state index is -3.40. The number of hydrogen-bond donors (Lipinski definition) is 0. The lowest BCUT2D eigenvalue weighted by Gasteiger charge is -2.03. The minimum Gasteiger partial charge on any atom is -0.339 e. The van der Waals surface area contributed by atoms with E-state index in [4.69, 9.17) is 4.52 Å². The van der Waals surface area contributed by atoms with Crippen molar-refractivity contribution >= 4 is 20.9 Å². The molecular weight excluding hydrogens is 376 g/mol. The molecule has 2 aromatic carbocycles. The van der Waals surface area contributed by atoms with Crippen molar-refractivity contribution in [3.63, 3.8) is 0 Å². The van der Waals surface area contributed by atoms with Gasteiger partial charge in [0.15, 0.2) is 9.84 Å². The van der Waals surface area contributed by atoms with Gasteiger partial charge in [0, 0.05) is 18.5 Å². The molecule has 8 heteroatoms. The van der Waals surface area contributed by atoms with Gasteiger partial charge in [0.2, 0.25) is 11.7 Å². The van der Waals surface area contributed by atoms with E-state index in [-0.39, 0.29) is 12.2 Å². The summed E-state index contributed by atoms with van der Waals surface area (Å²) in [5.74, 6) is 0.637. The highest BCUT2D eigenvalue weighted by Gasteiger charge is 2.17.